The first-order chi connectivity index (χ1) is 13.9. The van der Waals surface area contributed by atoms with Gasteiger partial charge in [-0.2, -0.15) is 10.5 Å². The molecule has 0 saturated carbocycles. The first-order valence-electron chi connectivity index (χ1n) is 8.80. The van der Waals surface area contributed by atoms with Gasteiger partial charge in [-0.15, -0.1) is 0 Å². The van der Waals surface area contributed by atoms with Gasteiger partial charge >= 0.3 is 0 Å². The molecular weight excluding hydrogens is 481 g/mol. The fourth-order valence-corrected chi connectivity index (χ4v) is 3.30. The molecule has 0 spiro atoms. The monoisotopic (exact) mass is 501 g/mol. The third kappa shape index (κ3) is 5.97. The maximum absolute atomic E-state index is 12.1. The van der Waals surface area contributed by atoms with Gasteiger partial charge < -0.3 is 14.8 Å². The number of amides is 1. The van der Waals surface area contributed by atoms with Gasteiger partial charge in [-0.1, -0.05) is 18.2 Å². The molecule has 0 bridgehead atoms. The minimum absolute atomic E-state index is 0.00756. The van der Waals surface area contributed by atoms with E-state index in [0.29, 0.717) is 22.6 Å². The molecule has 0 aliphatic rings. The van der Waals surface area contributed by atoms with E-state index in [1.54, 1.807) is 24.3 Å². The highest BCUT2D eigenvalue weighted by molar-refractivity contribution is 14.1. The van der Waals surface area contributed by atoms with Crippen LogP contribution in [0, 0.1) is 26.2 Å². The Kier molecular flexibility index (Phi) is 8.05. The molecule has 6 nitrogen and oxygen atoms in total. The van der Waals surface area contributed by atoms with Crippen molar-refractivity contribution >= 4 is 34.6 Å². The van der Waals surface area contributed by atoms with Crippen molar-refractivity contribution in [3.05, 3.63) is 62.2 Å². The van der Waals surface area contributed by atoms with Crippen LogP contribution >= 0.6 is 22.6 Å². The largest absolute Gasteiger partial charge is 0.493 e. The van der Waals surface area contributed by atoms with E-state index in [0.717, 1.165) is 9.13 Å². The SMILES string of the molecule is COc1cc(/C=C(/C#N)C(=O)NC(C)C)cc(I)c1OCc1ccccc1C#N. The standard InChI is InChI=1S/C22H20IN3O3/c1-14(2)26-22(27)18(12-25)8-15-9-19(23)21(20(10-15)28-3)29-13-17-7-5-4-6-16(17)11-24/h4-10,14H,13H2,1-3H3,(H,26,27)/b18-8-. The van der Waals surface area contributed by atoms with Crippen LogP contribution in [0.2, 0.25) is 0 Å². The van der Waals surface area contributed by atoms with Crippen LogP contribution in [0.5, 0.6) is 11.5 Å². The Hall–Kier alpha value is -3.04. The first kappa shape index (κ1) is 22.3. The number of rotatable bonds is 7. The number of carbonyl (C=O) groups excluding carboxylic acids is 1. The number of nitrogens with zero attached hydrogens (tertiary/aromatic N) is 2. The van der Waals surface area contributed by atoms with E-state index in [9.17, 15) is 15.3 Å². The number of methoxy groups -OCH3 is 1. The molecule has 148 valence electrons. The Morgan fingerprint density at radius 3 is 2.62 bits per heavy atom. The fraction of sp³-hybridized carbons (Fsp3) is 0.227. The number of nitriles is 2. The highest BCUT2D eigenvalue weighted by atomic mass is 127. The Labute approximate surface area is 183 Å². The van der Waals surface area contributed by atoms with E-state index in [4.69, 9.17) is 9.47 Å². The van der Waals surface area contributed by atoms with Crippen LogP contribution in [0.3, 0.4) is 0 Å². The summed E-state index contributed by atoms with van der Waals surface area (Å²) in [6, 6.07) is 14.7. The van der Waals surface area contributed by atoms with Gasteiger partial charge in [0, 0.05) is 11.6 Å². The predicted octanol–water partition coefficient (Wildman–Crippen LogP) is 4.18. The third-order valence-electron chi connectivity index (χ3n) is 3.86. The molecule has 2 aromatic carbocycles. The average Bonchev–Trinajstić information content (AvgIpc) is 2.70. The van der Waals surface area contributed by atoms with Gasteiger partial charge in [0.2, 0.25) is 0 Å². The summed E-state index contributed by atoms with van der Waals surface area (Å²) in [5, 5.41) is 21.2. The number of hydrogen-bond donors (Lipinski definition) is 1. The van der Waals surface area contributed by atoms with Crippen LogP contribution in [-0.2, 0) is 11.4 Å². The van der Waals surface area contributed by atoms with E-state index in [2.05, 4.69) is 34.0 Å². The van der Waals surface area contributed by atoms with Crippen molar-refractivity contribution in [2.24, 2.45) is 0 Å². The van der Waals surface area contributed by atoms with Crippen molar-refractivity contribution < 1.29 is 14.3 Å². The molecular formula is C22H20IN3O3. The molecule has 1 amide bonds. The van der Waals surface area contributed by atoms with Crippen LogP contribution in [0.4, 0.5) is 0 Å². The molecule has 0 fully saturated rings. The summed E-state index contributed by atoms with van der Waals surface area (Å²) in [6.45, 7) is 3.87. The highest BCUT2D eigenvalue weighted by Gasteiger charge is 2.15. The number of carbonyl (C=O) groups is 1. The predicted molar refractivity (Wildman–Crippen MR) is 118 cm³/mol. The summed E-state index contributed by atoms with van der Waals surface area (Å²) in [4.78, 5) is 12.1. The second kappa shape index (κ2) is 10.5. The quantitative estimate of drug-likeness (QED) is 0.349. The van der Waals surface area contributed by atoms with E-state index in [-0.39, 0.29) is 18.2 Å². The molecule has 1 N–H and O–H groups in total. The van der Waals surface area contributed by atoms with Crippen molar-refractivity contribution in [2.75, 3.05) is 7.11 Å². The lowest BCUT2D eigenvalue weighted by Gasteiger charge is -2.14. The van der Waals surface area contributed by atoms with E-state index < -0.39 is 5.91 Å². The second-order valence-electron chi connectivity index (χ2n) is 6.39. The molecule has 0 unspecified atom stereocenters. The Bertz CT molecular complexity index is 1020. The van der Waals surface area contributed by atoms with Gasteiger partial charge in [-0.3, -0.25) is 4.79 Å². The molecule has 2 rings (SSSR count). The number of benzene rings is 2. The molecule has 29 heavy (non-hydrogen) atoms. The van der Waals surface area contributed by atoms with Crippen LogP contribution in [0.15, 0.2) is 42.0 Å². The molecule has 7 heteroatoms. The number of halogens is 1. The van der Waals surface area contributed by atoms with Gasteiger partial charge in [-0.25, -0.2) is 0 Å². The molecule has 0 heterocycles. The lowest BCUT2D eigenvalue weighted by atomic mass is 10.1. The van der Waals surface area contributed by atoms with Crippen LogP contribution in [0.25, 0.3) is 6.08 Å². The number of hydrogen-bond acceptors (Lipinski definition) is 5. The van der Waals surface area contributed by atoms with Gasteiger partial charge in [0.25, 0.3) is 5.91 Å². The van der Waals surface area contributed by atoms with Crippen molar-refractivity contribution in [2.45, 2.75) is 26.5 Å². The zero-order valence-electron chi connectivity index (χ0n) is 16.3. The summed E-state index contributed by atoms with van der Waals surface area (Å²) in [6.07, 6.45) is 1.51. The molecule has 0 saturated heterocycles. The molecule has 0 atom stereocenters. The van der Waals surface area contributed by atoms with Gasteiger partial charge in [-0.05, 0) is 66.3 Å². The van der Waals surface area contributed by atoms with Crippen LogP contribution in [0.1, 0.15) is 30.5 Å². The normalized spacial score (nSPS) is 10.8. The molecule has 0 aliphatic carbocycles. The van der Waals surface area contributed by atoms with Gasteiger partial charge in [0.1, 0.15) is 18.2 Å². The number of nitrogens with one attached hydrogen (secondary N) is 1. The van der Waals surface area contributed by atoms with Crippen molar-refractivity contribution in [1.29, 1.82) is 10.5 Å². The van der Waals surface area contributed by atoms with Crippen LogP contribution in [-0.4, -0.2) is 19.1 Å². The third-order valence-corrected chi connectivity index (χ3v) is 4.66. The average molecular weight is 501 g/mol. The van der Waals surface area contributed by atoms with Crippen molar-refractivity contribution in [1.82, 2.24) is 5.32 Å². The number of ether oxygens (including phenoxy) is 2. The molecule has 0 aromatic heterocycles. The lowest BCUT2D eigenvalue weighted by molar-refractivity contribution is -0.117. The molecule has 0 radical (unpaired) electrons. The second-order valence-corrected chi connectivity index (χ2v) is 7.55. The highest BCUT2D eigenvalue weighted by Crippen LogP contribution is 2.35. The maximum Gasteiger partial charge on any atom is 0.262 e. The Balaban J connectivity index is 2.31. The minimum atomic E-state index is -0.426. The van der Waals surface area contributed by atoms with E-state index in [1.807, 2.05) is 32.0 Å². The van der Waals surface area contributed by atoms with Crippen molar-refractivity contribution in [3.8, 4) is 23.6 Å². The topological polar surface area (TPSA) is 95.1 Å². The molecule has 0 aliphatic heterocycles. The van der Waals surface area contributed by atoms with Crippen molar-refractivity contribution in [3.63, 3.8) is 0 Å². The van der Waals surface area contributed by atoms with Crippen LogP contribution < -0.4 is 14.8 Å². The molecule has 2 aromatic rings. The summed E-state index contributed by atoms with van der Waals surface area (Å²) < 4.78 is 12.1. The maximum atomic E-state index is 12.1. The Morgan fingerprint density at radius 2 is 2.00 bits per heavy atom. The summed E-state index contributed by atoms with van der Waals surface area (Å²) in [5.41, 5.74) is 1.98. The minimum Gasteiger partial charge on any atom is -0.493 e. The van der Waals surface area contributed by atoms with Gasteiger partial charge in [0.05, 0.1) is 22.3 Å². The zero-order chi connectivity index (χ0) is 21.4. The summed E-state index contributed by atoms with van der Waals surface area (Å²) >= 11 is 2.11. The fourth-order valence-electron chi connectivity index (χ4n) is 2.52. The smallest absolute Gasteiger partial charge is 0.262 e. The van der Waals surface area contributed by atoms with E-state index >= 15 is 0 Å². The van der Waals surface area contributed by atoms with E-state index in [1.165, 1.54) is 13.2 Å². The first-order valence-corrected chi connectivity index (χ1v) is 9.88. The summed E-state index contributed by atoms with van der Waals surface area (Å²) in [7, 11) is 1.52. The summed E-state index contributed by atoms with van der Waals surface area (Å²) in [5.74, 6) is 0.576. The van der Waals surface area contributed by atoms with Gasteiger partial charge in [0.15, 0.2) is 11.5 Å². The lowest BCUT2D eigenvalue weighted by Crippen LogP contribution is -2.30. The zero-order valence-corrected chi connectivity index (χ0v) is 18.5. The Morgan fingerprint density at radius 1 is 1.28 bits per heavy atom.